The molecular formula is C19H24O7. The molecule has 7 heteroatoms. The van der Waals surface area contributed by atoms with Crippen molar-refractivity contribution in [1.82, 2.24) is 0 Å². The molecule has 0 aliphatic heterocycles. The van der Waals surface area contributed by atoms with Gasteiger partial charge in [-0.05, 0) is 49.5 Å². The molecular weight excluding hydrogens is 340 g/mol. The molecule has 1 aliphatic carbocycles. The number of ether oxygens (including phenoxy) is 4. The van der Waals surface area contributed by atoms with Gasteiger partial charge in [0.05, 0.1) is 25.9 Å². The molecule has 1 fully saturated rings. The van der Waals surface area contributed by atoms with E-state index in [1.165, 1.54) is 27.4 Å². The molecule has 1 aromatic rings. The molecule has 0 aromatic heterocycles. The van der Waals surface area contributed by atoms with E-state index < -0.39 is 18.0 Å². The van der Waals surface area contributed by atoms with Crippen LogP contribution in [-0.4, -0.2) is 50.6 Å². The molecule has 142 valence electrons. The van der Waals surface area contributed by atoms with Gasteiger partial charge in [0.25, 0.3) is 0 Å². The molecule has 1 aliphatic rings. The maximum absolute atomic E-state index is 11.8. The van der Waals surface area contributed by atoms with Gasteiger partial charge in [0.2, 0.25) is 0 Å². The summed E-state index contributed by atoms with van der Waals surface area (Å²) in [7, 11) is 3.94. The second-order valence-corrected chi connectivity index (χ2v) is 5.98. The van der Waals surface area contributed by atoms with E-state index in [-0.39, 0.29) is 11.7 Å². The topological polar surface area (TPSA) is 91.3 Å². The summed E-state index contributed by atoms with van der Waals surface area (Å²) in [6.45, 7) is 0. The third-order valence-corrected chi connectivity index (χ3v) is 4.29. The Morgan fingerprint density at radius 2 is 1.85 bits per heavy atom. The molecule has 1 saturated carbocycles. The third-order valence-electron chi connectivity index (χ3n) is 4.29. The largest absolute Gasteiger partial charge is 0.493 e. The number of hydrogen-bond donors (Lipinski definition) is 1. The molecule has 7 nitrogen and oxygen atoms in total. The van der Waals surface area contributed by atoms with Gasteiger partial charge in [-0.2, -0.15) is 0 Å². The molecule has 1 N–H and O–H groups in total. The van der Waals surface area contributed by atoms with Crippen LogP contribution >= 0.6 is 0 Å². The van der Waals surface area contributed by atoms with Crippen LogP contribution in [0.4, 0.5) is 0 Å². The molecule has 0 radical (unpaired) electrons. The van der Waals surface area contributed by atoms with E-state index in [0.29, 0.717) is 17.1 Å². The number of benzene rings is 1. The summed E-state index contributed by atoms with van der Waals surface area (Å²) in [5.41, 5.74) is 0.315. The normalized spacial score (nSPS) is 16.2. The minimum Gasteiger partial charge on any atom is -0.493 e. The molecule has 1 atom stereocenters. The number of aliphatic carboxylic acids is 1. The SMILES string of the molecule is COC(=O)C(OC)/C(=C/c1ccc(OC2CCCC2)c(OC)c1)C(=O)O. The Morgan fingerprint density at radius 3 is 2.38 bits per heavy atom. The van der Waals surface area contributed by atoms with E-state index in [0.717, 1.165) is 25.7 Å². The zero-order valence-corrected chi connectivity index (χ0v) is 15.2. The quantitative estimate of drug-likeness (QED) is 0.560. The fraction of sp³-hybridized carbons (Fsp3) is 0.474. The van der Waals surface area contributed by atoms with Crippen molar-refractivity contribution < 1.29 is 33.6 Å². The summed E-state index contributed by atoms with van der Waals surface area (Å²) in [4.78, 5) is 23.3. The summed E-state index contributed by atoms with van der Waals surface area (Å²) >= 11 is 0. The maximum atomic E-state index is 11.8. The van der Waals surface area contributed by atoms with Gasteiger partial charge in [-0.25, -0.2) is 9.59 Å². The Labute approximate surface area is 152 Å². The molecule has 1 aromatic carbocycles. The van der Waals surface area contributed by atoms with Gasteiger partial charge in [-0.3, -0.25) is 0 Å². The van der Waals surface area contributed by atoms with Crippen molar-refractivity contribution in [3.05, 3.63) is 29.3 Å². The van der Waals surface area contributed by atoms with Gasteiger partial charge in [0.15, 0.2) is 17.6 Å². The molecule has 0 heterocycles. The zero-order valence-electron chi connectivity index (χ0n) is 15.2. The van der Waals surface area contributed by atoms with Gasteiger partial charge >= 0.3 is 11.9 Å². The van der Waals surface area contributed by atoms with E-state index in [4.69, 9.17) is 14.2 Å². The summed E-state index contributed by atoms with van der Waals surface area (Å²) in [5.74, 6) is -0.936. The van der Waals surface area contributed by atoms with Gasteiger partial charge in [0, 0.05) is 7.11 Å². The van der Waals surface area contributed by atoms with Crippen molar-refractivity contribution in [2.45, 2.75) is 37.9 Å². The lowest BCUT2D eigenvalue weighted by atomic mass is 10.1. The first-order valence-electron chi connectivity index (χ1n) is 8.40. The van der Waals surface area contributed by atoms with Crippen LogP contribution in [0, 0.1) is 0 Å². The van der Waals surface area contributed by atoms with Gasteiger partial charge in [-0.15, -0.1) is 0 Å². The van der Waals surface area contributed by atoms with Crippen LogP contribution in [0.1, 0.15) is 31.2 Å². The number of carboxylic acid groups (broad SMARTS) is 1. The predicted octanol–water partition coefficient (Wildman–Crippen LogP) is 2.67. The predicted molar refractivity (Wildman–Crippen MR) is 94.3 cm³/mol. The molecule has 26 heavy (non-hydrogen) atoms. The monoisotopic (exact) mass is 364 g/mol. The second-order valence-electron chi connectivity index (χ2n) is 5.98. The van der Waals surface area contributed by atoms with Crippen molar-refractivity contribution in [3.63, 3.8) is 0 Å². The highest BCUT2D eigenvalue weighted by Gasteiger charge is 2.28. The van der Waals surface area contributed by atoms with Crippen LogP contribution in [-0.2, 0) is 19.1 Å². The lowest BCUT2D eigenvalue weighted by Gasteiger charge is -2.17. The Morgan fingerprint density at radius 1 is 1.15 bits per heavy atom. The minimum atomic E-state index is -1.32. The molecule has 0 bridgehead atoms. The number of methoxy groups -OCH3 is 3. The number of carbonyl (C=O) groups is 2. The van der Waals surface area contributed by atoms with Crippen molar-refractivity contribution in [3.8, 4) is 11.5 Å². The number of hydrogen-bond acceptors (Lipinski definition) is 6. The van der Waals surface area contributed by atoms with E-state index in [1.807, 2.05) is 0 Å². The molecule has 0 saturated heterocycles. The van der Waals surface area contributed by atoms with E-state index in [1.54, 1.807) is 18.2 Å². The highest BCUT2D eigenvalue weighted by Crippen LogP contribution is 2.33. The Balaban J connectivity index is 2.31. The summed E-state index contributed by atoms with van der Waals surface area (Å²) in [6, 6.07) is 5.11. The first kappa shape index (κ1) is 19.8. The van der Waals surface area contributed by atoms with Gasteiger partial charge in [0.1, 0.15) is 0 Å². The lowest BCUT2D eigenvalue weighted by molar-refractivity contribution is -0.152. The average Bonchev–Trinajstić information content (AvgIpc) is 3.15. The maximum Gasteiger partial charge on any atom is 0.339 e. The van der Waals surface area contributed by atoms with Gasteiger partial charge < -0.3 is 24.1 Å². The molecule has 0 amide bonds. The fourth-order valence-corrected chi connectivity index (χ4v) is 2.94. The smallest absolute Gasteiger partial charge is 0.339 e. The van der Waals surface area contributed by atoms with Crippen LogP contribution in [0.15, 0.2) is 23.8 Å². The summed E-state index contributed by atoms with van der Waals surface area (Å²) < 4.78 is 20.9. The van der Waals surface area contributed by atoms with E-state index in [2.05, 4.69) is 4.74 Å². The third kappa shape index (κ3) is 4.76. The number of rotatable bonds is 8. The van der Waals surface area contributed by atoms with Crippen LogP contribution in [0.3, 0.4) is 0 Å². The van der Waals surface area contributed by atoms with Crippen LogP contribution < -0.4 is 9.47 Å². The second kappa shape index (κ2) is 9.24. The number of carboxylic acids is 1. The van der Waals surface area contributed by atoms with Crippen molar-refractivity contribution >= 4 is 18.0 Å². The van der Waals surface area contributed by atoms with Gasteiger partial charge in [-0.1, -0.05) is 6.07 Å². The first-order valence-corrected chi connectivity index (χ1v) is 8.40. The Hall–Kier alpha value is -2.54. The zero-order chi connectivity index (χ0) is 19.1. The fourth-order valence-electron chi connectivity index (χ4n) is 2.94. The van der Waals surface area contributed by atoms with E-state index >= 15 is 0 Å². The first-order chi connectivity index (χ1) is 12.5. The Bertz CT molecular complexity index is 674. The number of carbonyl (C=O) groups excluding carboxylic acids is 1. The number of esters is 1. The van der Waals surface area contributed by atoms with Crippen LogP contribution in [0.2, 0.25) is 0 Å². The van der Waals surface area contributed by atoms with Crippen molar-refractivity contribution in [1.29, 1.82) is 0 Å². The Kier molecular flexibility index (Phi) is 7.03. The molecule has 2 rings (SSSR count). The van der Waals surface area contributed by atoms with Crippen LogP contribution in [0.25, 0.3) is 6.08 Å². The minimum absolute atomic E-state index is 0.178. The highest BCUT2D eigenvalue weighted by molar-refractivity contribution is 6.00. The summed E-state index contributed by atoms with van der Waals surface area (Å²) in [5, 5.41) is 9.44. The molecule has 1 unspecified atom stereocenters. The summed E-state index contributed by atoms with van der Waals surface area (Å²) in [6.07, 6.45) is 4.55. The standard InChI is InChI=1S/C19H24O7/c1-23-16-11-12(8-9-15(16)26-13-6-4-5-7-13)10-14(18(20)21)17(24-2)19(22)25-3/h8-11,13,17H,4-7H2,1-3H3,(H,20,21)/b14-10-. The van der Waals surface area contributed by atoms with E-state index in [9.17, 15) is 14.7 Å². The van der Waals surface area contributed by atoms with Crippen molar-refractivity contribution in [2.75, 3.05) is 21.3 Å². The van der Waals surface area contributed by atoms with Crippen molar-refractivity contribution in [2.24, 2.45) is 0 Å². The lowest BCUT2D eigenvalue weighted by Crippen LogP contribution is -2.30. The van der Waals surface area contributed by atoms with Crippen LogP contribution in [0.5, 0.6) is 11.5 Å². The average molecular weight is 364 g/mol. The molecule has 0 spiro atoms. The highest BCUT2D eigenvalue weighted by atomic mass is 16.6.